The summed E-state index contributed by atoms with van der Waals surface area (Å²) >= 11 is 1.46. The second-order valence-corrected chi connectivity index (χ2v) is 4.44. The van der Waals surface area contributed by atoms with Crippen LogP contribution in [0.5, 0.6) is 5.75 Å². The molecule has 0 aliphatic carbocycles. The number of carbonyl (C=O) groups is 1. The molecule has 0 unspecified atom stereocenters. The molecule has 1 amide bonds. The molecule has 1 aromatic carbocycles. The summed E-state index contributed by atoms with van der Waals surface area (Å²) in [6.07, 6.45) is 0.593. The van der Waals surface area contributed by atoms with Gasteiger partial charge in [0, 0.05) is 18.0 Å². The van der Waals surface area contributed by atoms with Gasteiger partial charge in [0.1, 0.15) is 5.75 Å². The number of ether oxygens (including phenoxy) is 1. The van der Waals surface area contributed by atoms with Gasteiger partial charge in [-0.15, -0.1) is 11.8 Å². The fourth-order valence-electron chi connectivity index (χ4n) is 1.20. The van der Waals surface area contributed by atoms with Gasteiger partial charge in [-0.05, 0) is 24.6 Å². The van der Waals surface area contributed by atoms with Crippen molar-refractivity contribution in [3.8, 4) is 5.75 Å². The summed E-state index contributed by atoms with van der Waals surface area (Å²) in [6.45, 7) is 0.622. The van der Waals surface area contributed by atoms with E-state index in [4.69, 9.17) is 9.84 Å². The smallest absolute Gasteiger partial charge is 0.230 e. The Bertz CT molecular complexity index is 357. The summed E-state index contributed by atoms with van der Waals surface area (Å²) < 4.78 is 5.10. The van der Waals surface area contributed by atoms with Crippen LogP contribution in [0.1, 0.15) is 6.42 Å². The van der Waals surface area contributed by atoms with Gasteiger partial charge >= 0.3 is 0 Å². The molecule has 5 heteroatoms. The normalized spacial score (nSPS) is 10.0. The topological polar surface area (TPSA) is 58.6 Å². The fraction of sp³-hybridized carbons (Fsp3) is 0.417. The van der Waals surface area contributed by atoms with Crippen molar-refractivity contribution in [3.63, 3.8) is 0 Å². The van der Waals surface area contributed by atoms with Gasteiger partial charge in [0.05, 0.1) is 12.9 Å². The maximum Gasteiger partial charge on any atom is 0.230 e. The van der Waals surface area contributed by atoms with Crippen LogP contribution in [0.15, 0.2) is 29.2 Å². The molecule has 17 heavy (non-hydrogen) atoms. The summed E-state index contributed by atoms with van der Waals surface area (Å²) in [5.74, 6) is 1.14. The van der Waals surface area contributed by atoms with Crippen LogP contribution in [-0.2, 0) is 4.79 Å². The maximum absolute atomic E-state index is 11.4. The summed E-state index contributed by atoms with van der Waals surface area (Å²) in [5, 5.41) is 11.3. The molecule has 94 valence electrons. The van der Waals surface area contributed by atoms with E-state index in [0.717, 1.165) is 10.6 Å². The van der Waals surface area contributed by atoms with E-state index < -0.39 is 0 Å². The number of hydrogen-bond donors (Lipinski definition) is 2. The second kappa shape index (κ2) is 7.97. The first kappa shape index (κ1) is 13.9. The molecule has 0 fully saturated rings. The Labute approximate surface area is 105 Å². The van der Waals surface area contributed by atoms with E-state index in [1.807, 2.05) is 24.3 Å². The fourth-order valence-corrected chi connectivity index (χ4v) is 1.97. The molecule has 0 heterocycles. The van der Waals surface area contributed by atoms with Crippen molar-refractivity contribution in [1.82, 2.24) is 5.32 Å². The number of thioether (sulfide) groups is 1. The predicted molar refractivity (Wildman–Crippen MR) is 68.4 cm³/mol. The van der Waals surface area contributed by atoms with Gasteiger partial charge in [-0.1, -0.05) is 6.07 Å². The van der Waals surface area contributed by atoms with Gasteiger partial charge in [-0.3, -0.25) is 4.79 Å². The molecule has 4 nitrogen and oxygen atoms in total. The van der Waals surface area contributed by atoms with Crippen LogP contribution in [-0.4, -0.2) is 37.0 Å². The molecule has 0 saturated carbocycles. The lowest BCUT2D eigenvalue weighted by atomic mass is 10.3. The summed E-state index contributed by atoms with van der Waals surface area (Å²) in [7, 11) is 1.62. The van der Waals surface area contributed by atoms with Crippen molar-refractivity contribution in [3.05, 3.63) is 24.3 Å². The second-order valence-electron chi connectivity index (χ2n) is 3.39. The van der Waals surface area contributed by atoms with E-state index in [9.17, 15) is 4.79 Å². The maximum atomic E-state index is 11.4. The predicted octanol–water partition coefficient (Wildman–Crippen LogP) is 1.29. The van der Waals surface area contributed by atoms with Crippen LogP contribution >= 0.6 is 11.8 Å². The van der Waals surface area contributed by atoms with Gasteiger partial charge in [0.15, 0.2) is 0 Å². The lowest BCUT2D eigenvalue weighted by Gasteiger charge is -2.05. The SMILES string of the molecule is COc1cccc(SCC(=O)NCCCO)c1. The molecule has 0 aromatic heterocycles. The zero-order chi connectivity index (χ0) is 12.5. The number of benzene rings is 1. The Morgan fingerprint density at radius 1 is 1.53 bits per heavy atom. The lowest BCUT2D eigenvalue weighted by molar-refractivity contribution is -0.118. The number of methoxy groups -OCH3 is 1. The minimum atomic E-state index is -0.0220. The minimum Gasteiger partial charge on any atom is -0.497 e. The van der Waals surface area contributed by atoms with Gasteiger partial charge < -0.3 is 15.2 Å². The summed E-state index contributed by atoms with van der Waals surface area (Å²) in [5.41, 5.74) is 0. The molecular formula is C12H17NO3S. The van der Waals surface area contributed by atoms with E-state index in [1.165, 1.54) is 11.8 Å². The lowest BCUT2D eigenvalue weighted by Crippen LogP contribution is -2.26. The van der Waals surface area contributed by atoms with E-state index in [-0.39, 0.29) is 12.5 Å². The number of aliphatic hydroxyl groups is 1. The van der Waals surface area contributed by atoms with Gasteiger partial charge in [-0.2, -0.15) is 0 Å². The van der Waals surface area contributed by atoms with E-state index in [0.29, 0.717) is 18.7 Å². The first-order valence-electron chi connectivity index (χ1n) is 5.40. The van der Waals surface area contributed by atoms with Crippen molar-refractivity contribution >= 4 is 17.7 Å². The molecular weight excluding hydrogens is 238 g/mol. The highest BCUT2D eigenvalue weighted by molar-refractivity contribution is 8.00. The molecule has 0 saturated heterocycles. The van der Waals surface area contributed by atoms with Crippen LogP contribution in [0.3, 0.4) is 0 Å². The number of hydrogen-bond acceptors (Lipinski definition) is 4. The monoisotopic (exact) mass is 255 g/mol. The molecule has 0 spiro atoms. The molecule has 2 N–H and O–H groups in total. The van der Waals surface area contributed by atoms with Crippen molar-refractivity contribution in [2.45, 2.75) is 11.3 Å². The Morgan fingerprint density at radius 3 is 3.06 bits per heavy atom. The third-order valence-electron chi connectivity index (χ3n) is 2.07. The standard InChI is InChI=1S/C12H17NO3S/c1-16-10-4-2-5-11(8-10)17-9-12(15)13-6-3-7-14/h2,4-5,8,14H,3,6-7,9H2,1H3,(H,13,15). The Morgan fingerprint density at radius 2 is 2.35 bits per heavy atom. The average molecular weight is 255 g/mol. The van der Waals surface area contributed by atoms with Crippen LogP contribution in [0.25, 0.3) is 0 Å². The number of carbonyl (C=O) groups excluding carboxylic acids is 1. The number of rotatable bonds is 7. The van der Waals surface area contributed by atoms with Crippen LogP contribution in [0.4, 0.5) is 0 Å². The molecule has 0 atom stereocenters. The number of aliphatic hydroxyl groups excluding tert-OH is 1. The molecule has 0 radical (unpaired) electrons. The Kier molecular flexibility index (Phi) is 6.50. The van der Waals surface area contributed by atoms with Crippen molar-refractivity contribution < 1.29 is 14.6 Å². The number of amides is 1. The third kappa shape index (κ3) is 5.60. The van der Waals surface area contributed by atoms with E-state index in [2.05, 4.69) is 5.32 Å². The van der Waals surface area contributed by atoms with E-state index in [1.54, 1.807) is 7.11 Å². The molecule has 0 aliphatic rings. The molecule has 0 bridgehead atoms. The van der Waals surface area contributed by atoms with Gasteiger partial charge in [0.25, 0.3) is 0 Å². The van der Waals surface area contributed by atoms with Crippen LogP contribution in [0.2, 0.25) is 0 Å². The average Bonchev–Trinajstić information content (AvgIpc) is 2.37. The first-order valence-corrected chi connectivity index (χ1v) is 6.39. The molecule has 1 rings (SSSR count). The van der Waals surface area contributed by atoms with Gasteiger partial charge in [-0.25, -0.2) is 0 Å². The minimum absolute atomic E-state index is 0.0220. The Balaban J connectivity index is 2.31. The Hall–Kier alpha value is -1.20. The van der Waals surface area contributed by atoms with E-state index >= 15 is 0 Å². The zero-order valence-electron chi connectivity index (χ0n) is 9.81. The van der Waals surface area contributed by atoms with Crippen LogP contribution < -0.4 is 10.1 Å². The highest BCUT2D eigenvalue weighted by Gasteiger charge is 2.02. The van der Waals surface area contributed by atoms with Crippen molar-refractivity contribution in [2.75, 3.05) is 26.0 Å². The highest BCUT2D eigenvalue weighted by atomic mass is 32.2. The highest BCUT2D eigenvalue weighted by Crippen LogP contribution is 2.22. The molecule has 0 aliphatic heterocycles. The third-order valence-corrected chi connectivity index (χ3v) is 3.06. The summed E-state index contributed by atoms with van der Waals surface area (Å²) in [6, 6.07) is 7.59. The van der Waals surface area contributed by atoms with Crippen LogP contribution in [0, 0.1) is 0 Å². The van der Waals surface area contributed by atoms with Crippen molar-refractivity contribution in [1.29, 1.82) is 0 Å². The quantitative estimate of drug-likeness (QED) is 0.569. The largest absolute Gasteiger partial charge is 0.497 e. The first-order chi connectivity index (χ1) is 8.26. The number of nitrogens with one attached hydrogen (secondary N) is 1. The van der Waals surface area contributed by atoms with Crippen molar-refractivity contribution in [2.24, 2.45) is 0 Å². The summed E-state index contributed by atoms with van der Waals surface area (Å²) in [4.78, 5) is 12.4. The zero-order valence-corrected chi connectivity index (χ0v) is 10.6. The van der Waals surface area contributed by atoms with Gasteiger partial charge in [0.2, 0.25) is 5.91 Å². The molecule has 1 aromatic rings.